The molecule has 0 bridgehead atoms. The molecule has 0 aliphatic carbocycles. The molecule has 0 saturated carbocycles. The quantitative estimate of drug-likeness (QED) is 0.0345. The van der Waals surface area contributed by atoms with Crippen LogP contribution in [0.2, 0.25) is 0 Å². The molecular weight excluding hydrogens is 745 g/mol. The largest absolute Gasteiger partial charge is 0.462 e. The van der Waals surface area contributed by atoms with Gasteiger partial charge in [0, 0.05) is 19.3 Å². The number of hydrogen-bond acceptors (Lipinski definition) is 6. The molecule has 2 unspecified atom stereocenters. The summed E-state index contributed by atoms with van der Waals surface area (Å²) in [6.45, 7) is 13.7. The summed E-state index contributed by atoms with van der Waals surface area (Å²) in [4.78, 5) is 38.0. The fourth-order valence-electron chi connectivity index (χ4n) is 8.05. The number of carbonyl (C=O) groups is 3. The smallest absolute Gasteiger partial charge is 0.306 e. The van der Waals surface area contributed by atoms with Gasteiger partial charge in [0.2, 0.25) is 0 Å². The van der Waals surface area contributed by atoms with Gasteiger partial charge in [0.25, 0.3) is 0 Å². The Morgan fingerprint density at radius 2 is 0.583 bits per heavy atom. The maximum absolute atomic E-state index is 12.8. The molecule has 0 aliphatic rings. The highest BCUT2D eigenvalue weighted by Crippen LogP contribution is 2.18. The highest BCUT2D eigenvalue weighted by molar-refractivity contribution is 5.71. The molecule has 0 aliphatic heterocycles. The number of unbranched alkanes of at least 4 members (excludes halogenated alkanes) is 28. The summed E-state index contributed by atoms with van der Waals surface area (Å²) in [5.74, 6) is 1.68. The summed E-state index contributed by atoms with van der Waals surface area (Å²) in [5, 5.41) is 0. The fraction of sp³-hybridized carbons (Fsp3) is 0.944. The van der Waals surface area contributed by atoms with E-state index in [9.17, 15) is 14.4 Å². The van der Waals surface area contributed by atoms with Crippen LogP contribution in [0.5, 0.6) is 0 Å². The van der Waals surface area contributed by atoms with Crippen LogP contribution < -0.4 is 0 Å². The number of carbonyl (C=O) groups excluding carboxylic acids is 3. The third-order valence-electron chi connectivity index (χ3n) is 12.9. The normalized spacial score (nSPS) is 13.1. The molecule has 0 aromatic heterocycles. The van der Waals surface area contributed by atoms with Crippen LogP contribution >= 0.6 is 0 Å². The highest BCUT2D eigenvalue weighted by atomic mass is 16.6. The SMILES string of the molecule is CCC(C)CCCCCCCCCCCCC(=O)O[C@@H](COC(=O)CCCCCCCCCCCCCCCCCC(C)C)COC(=O)CCCCCCCCC(C)CC. The van der Waals surface area contributed by atoms with Crippen molar-refractivity contribution in [2.45, 2.75) is 298 Å². The van der Waals surface area contributed by atoms with Gasteiger partial charge in [-0.1, -0.05) is 253 Å². The molecule has 0 amide bonds. The maximum atomic E-state index is 12.8. The first-order chi connectivity index (χ1) is 29.2. The van der Waals surface area contributed by atoms with Crippen molar-refractivity contribution < 1.29 is 28.6 Å². The number of esters is 3. The molecule has 0 aromatic carbocycles. The van der Waals surface area contributed by atoms with Gasteiger partial charge in [-0.25, -0.2) is 0 Å². The Balaban J connectivity index is 4.28. The molecule has 0 radical (unpaired) electrons. The predicted octanol–water partition coefficient (Wildman–Crippen LogP) is 17.2. The molecule has 0 N–H and O–H groups in total. The molecule has 6 nitrogen and oxygen atoms in total. The van der Waals surface area contributed by atoms with E-state index in [0.29, 0.717) is 19.3 Å². The van der Waals surface area contributed by atoms with Crippen molar-refractivity contribution in [3.63, 3.8) is 0 Å². The van der Waals surface area contributed by atoms with E-state index >= 15 is 0 Å². The Labute approximate surface area is 374 Å². The minimum Gasteiger partial charge on any atom is -0.462 e. The van der Waals surface area contributed by atoms with E-state index in [0.717, 1.165) is 75.5 Å². The standard InChI is InChI=1S/C54H104O6/c1-7-49(5)41-35-29-23-19-16-17-21-25-33-39-45-54(57)60-51(47-59-53(56)44-38-32-27-26-30-36-42-50(6)8-2)46-58-52(55)43-37-31-24-20-15-13-11-9-10-12-14-18-22-28-34-40-48(3)4/h48-51H,7-47H2,1-6H3/t49?,50?,51-/m0/s1. The highest BCUT2D eigenvalue weighted by Gasteiger charge is 2.19. The fourth-order valence-corrected chi connectivity index (χ4v) is 8.05. The van der Waals surface area contributed by atoms with Gasteiger partial charge in [0.1, 0.15) is 13.2 Å². The van der Waals surface area contributed by atoms with E-state index in [2.05, 4.69) is 41.5 Å². The molecule has 3 atom stereocenters. The van der Waals surface area contributed by atoms with E-state index in [1.807, 2.05) is 0 Å². The van der Waals surface area contributed by atoms with Crippen molar-refractivity contribution in [1.29, 1.82) is 0 Å². The second kappa shape index (κ2) is 45.4. The summed E-state index contributed by atoms with van der Waals surface area (Å²) in [7, 11) is 0. The van der Waals surface area contributed by atoms with Crippen LogP contribution in [0.25, 0.3) is 0 Å². The van der Waals surface area contributed by atoms with Gasteiger partial charge in [-0.2, -0.15) is 0 Å². The second-order valence-corrected chi connectivity index (χ2v) is 19.5. The number of hydrogen-bond donors (Lipinski definition) is 0. The van der Waals surface area contributed by atoms with Crippen molar-refractivity contribution in [3.05, 3.63) is 0 Å². The first kappa shape index (κ1) is 58.4. The van der Waals surface area contributed by atoms with Gasteiger partial charge < -0.3 is 14.2 Å². The van der Waals surface area contributed by atoms with Crippen molar-refractivity contribution in [3.8, 4) is 0 Å². The van der Waals surface area contributed by atoms with Gasteiger partial charge in [-0.3, -0.25) is 14.4 Å². The lowest BCUT2D eigenvalue weighted by molar-refractivity contribution is -0.167. The lowest BCUT2D eigenvalue weighted by atomic mass is 9.99. The van der Waals surface area contributed by atoms with Crippen molar-refractivity contribution in [1.82, 2.24) is 0 Å². The topological polar surface area (TPSA) is 78.9 Å². The molecule has 60 heavy (non-hydrogen) atoms. The van der Waals surface area contributed by atoms with Crippen LogP contribution in [0.4, 0.5) is 0 Å². The monoisotopic (exact) mass is 849 g/mol. The van der Waals surface area contributed by atoms with E-state index in [1.54, 1.807) is 0 Å². The minimum atomic E-state index is -0.763. The van der Waals surface area contributed by atoms with Crippen molar-refractivity contribution in [2.75, 3.05) is 13.2 Å². The third kappa shape index (κ3) is 44.5. The van der Waals surface area contributed by atoms with Crippen molar-refractivity contribution in [2.24, 2.45) is 17.8 Å². The molecular formula is C54H104O6. The Morgan fingerprint density at radius 1 is 0.333 bits per heavy atom. The van der Waals surface area contributed by atoms with Crippen LogP contribution in [0.3, 0.4) is 0 Å². The Kier molecular flexibility index (Phi) is 44.2. The van der Waals surface area contributed by atoms with Gasteiger partial charge in [-0.15, -0.1) is 0 Å². The molecule has 0 heterocycles. The van der Waals surface area contributed by atoms with E-state index in [1.165, 1.54) is 173 Å². The first-order valence-electron chi connectivity index (χ1n) is 26.7. The van der Waals surface area contributed by atoms with Crippen LogP contribution in [-0.2, 0) is 28.6 Å². The summed E-state index contributed by atoms with van der Waals surface area (Å²) in [6, 6.07) is 0. The zero-order chi connectivity index (χ0) is 44.2. The molecule has 0 fully saturated rings. The lowest BCUT2D eigenvalue weighted by Crippen LogP contribution is -2.30. The summed E-state index contributed by atoms with van der Waals surface area (Å²) < 4.78 is 16.8. The minimum absolute atomic E-state index is 0.0650. The Morgan fingerprint density at radius 3 is 0.867 bits per heavy atom. The second-order valence-electron chi connectivity index (χ2n) is 19.5. The molecule has 0 rings (SSSR count). The average molecular weight is 849 g/mol. The maximum Gasteiger partial charge on any atom is 0.306 e. The van der Waals surface area contributed by atoms with E-state index in [-0.39, 0.29) is 31.1 Å². The van der Waals surface area contributed by atoms with Crippen molar-refractivity contribution >= 4 is 17.9 Å². The average Bonchev–Trinajstić information content (AvgIpc) is 3.23. The van der Waals surface area contributed by atoms with E-state index in [4.69, 9.17) is 14.2 Å². The van der Waals surface area contributed by atoms with Gasteiger partial charge >= 0.3 is 17.9 Å². The number of rotatable bonds is 47. The summed E-state index contributed by atoms with van der Waals surface area (Å²) in [6.07, 6.45) is 45.2. The van der Waals surface area contributed by atoms with Crippen LogP contribution in [-0.4, -0.2) is 37.2 Å². The zero-order valence-electron chi connectivity index (χ0n) is 41.3. The Bertz CT molecular complexity index is 933. The van der Waals surface area contributed by atoms with Crippen LogP contribution in [0.15, 0.2) is 0 Å². The van der Waals surface area contributed by atoms with Gasteiger partial charge in [-0.05, 0) is 37.0 Å². The van der Waals surface area contributed by atoms with E-state index < -0.39 is 6.10 Å². The molecule has 6 heteroatoms. The van der Waals surface area contributed by atoms with Crippen LogP contribution in [0, 0.1) is 17.8 Å². The summed E-state index contributed by atoms with van der Waals surface area (Å²) >= 11 is 0. The molecule has 0 saturated heterocycles. The lowest BCUT2D eigenvalue weighted by Gasteiger charge is -2.18. The third-order valence-corrected chi connectivity index (χ3v) is 12.9. The summed E-state index contributed by atoms with van der Waals surface area (Å²) in [5.41, 5.74) is 0. The van der Waals surface area contributed by atoms with Crippen LogP contribution in [0.1, 0.15) is 292 Å². The molecule has 356 valence electrons. The number of ether oxygens (including phenoxy) is 3. The molecule has 0 spiro atoms. The van der Waals surface area contributed by atoms with Gasteiger partial charge in [0.15, 0.2) is 6.10 Å². The first-order valence-corrected chi connectivity index (χ1v) is 26.7. The zero-order valence-corrected chi connectivity index (χ0v) is 41.3. The predicted molar refractivity (Wildman–Crippen MR) is 256 cm³/mol. The molecule has 0 aromatic rings. The Hall–Kier alpha value is -1.59. The van der Waals surface area contributed by atoms with Gasteiger partial charge in [0.05, 0.1) is 0 Å².